The van der Waals surface area contributed by atoms with Crippen LogP contribution in [0.3, 0.4) is 0 Å². The Balaban J connectivity index is 1.39. The van der Waals surface area contributed by atoms with Gasteiger partial charge in [0, 0.05) is 22.8 Å². The van der Waals surface area contributed by atoms with Crippen molar-refractivity contribution in [2.45, 2.75) is 63.4 Å². The van der Waals surface area contributed by atoms with E-state index in [4.69, 9.17) is 29.0 Å². The Morgan fingerprint density at radius 1 is 1.12 bits per heavy atom. The van der Waals surface area contributed by atoms with Gasteiger partial charge in [-0.15, -0.1) is 23.6 Å². The van der Waals surface area contributed by atoms with Crippen molar-refractivity contribution in [2.24, 2.45) is 0 Å². The standard InChI is InChI=1S/C21H31N8O9P2/c1-33-11-15-17(38-39(30)31)18(21(37-15)29-13-25-16-19(22)23-12-24-20(16)29)35-10-14-9-28(27-26-14)7-5-3-4-6-8-36-40(32)34-2/h9,12-13,15,17-18,21H,3-8,10-11H2,1-2H3,(H2-,22,23,24,30,31)/q+1/p+1/t15-,17?,18+,21-/m1/s1. The second-order valence-electron chi connectivity index (χ2n) is 8.81. The Bertz CT molecular complexity index is 1280. The Kier molecular flexibility index (Phi) is 11.3. The van der Waals surface area contributed by atoms with Crippen LogP contribution in [0.5, 0.6) is 0 Å². The highest BCUT2D eigenvalue weighted by Gasteiger charge is 2.52. The Morgan fingerprint density at radius 3 is 2.73 bits per heavy atom. The molecule has 3 N–H and O–H groups in total. The molecular weight excluding hydrogens is 570 g/mol. The number of unbranched alkanes of at least 4 members (excludes halogenated alkanes) is 3. The number of ether oxygens (including phenoxy) is 3. The van der Waals surface area contributed by atoms with Gasteiger partial charge >= 0.3 is 16.5 Å². The number of rotatable bonds is 17. The molecule has 218 valence electrons. The van der Waals surface area contributed by atoms with Crippen LogP contribution >= 0.6 is 16.5 Å². The fourth-order valence-electron chi connectivity index (χ4n) is 4.31. The van der Waals surface area contributed by atoms with E-state index in [0.717, 1.165) is 25.7 Å². The third-order valence-electron chi connectivity index (χ3n) is 6.13. The van der Waals surface area contributed by atoms with Crippen molar-refractivity contribution in [1.29, 1.82) is 0 Å². The van der Waals surface area contributed by atoms with Gasteiger partial charge in [0.15, 0.2) is 23.8 Å². The van der Waals surface area contributed by atoms with Crippen LogP contribution in [-0.2, 0) is 50.1 Å². The monoisotopic (exact) mass is 602 g/mol. The molecule has 1 aliphatic heterocycles. The molecular formula is C21H32N8O9P2+2. The van der Waals surface area contributed by atoms with E-state index in [2.05, 4.69) is 29.8 Å². The SMILES string of the molecule is COC[C@H]1O[C@@H](n2cnc3c(N)ncnc32)[C@@H](OCc2cn(CCCCCCO[P+](=O)OC)nn2)C1O[P+](=O)O. The first-order valence-corrected chi connectivity index (χ1v) is 14.7. The molecule has 4 heterocycles. The molecule has 0 bridgehead atoms. The molecule has 4 rings (SSSR count). The summed E-state index contributed by atoms with van der Waals surface area (Å²) < 4.78 is 58.6. The number of imidazole rings is 1. The Labute approximate surface area is 231 Å². The molecule has 0 aliphatic carbocycles. The van der Waals surface area contributed by atoms with Crippen LogP contribution in [0.15, 0.2) is 18.9 Å². The zero-order chi connectivity index (χ0) is 28.5. The summed E-state index contributed by atoms with van der Waals surface area (Å²) in [5.74, 6) is 0.201. The molecule has 0 saturated carbocycles. The number of nitrogens with zero attached hydrogens (tertiary/aromatic N) is 7. The van der Waals surface area contributed by atoms with Gasteiger partial charge in [-0.3, -0.25) is 9.25 Å². The lowest BCUT2D eigenvalue weighted by Gasteiger charge is -2.21. The van der Waals surface area contributed by atoms with Gasteiger partial charge in [0.05, 0.1) is 32.8 Å². The van der Waals surface area contributed by atoms with Crippen molar-refractivity contribution in [3.8, 4) is 0 Å². The van der Waals surface area contributed by atoms with Gasteiger partial charge in [0.1, 0.15) is 36.4 Å². The Morgan fingerprint density at radius 2 is 1.95 bits per heavy atom. The minimum atomic E-state index is -2.97. The molecule has 0 amide bonds. The van der Waals surface area contributed by atoms with Gasteiger partial charge in [-0.2, -0.15) is 0 Å². The number of methoxy groups -OCH3 is 1. The fourth-order valence-corrected chi connectivity index (χ4v) is 5.16. The quantitative estimate of drug-likeness (QED) is 0.167. The molecule has 0 radical (unpaired) electrons. The van der Waals surface area contributed by atoms with Crippen molar-refractivity contribution >= 4 is 33.5 Å². The molecule has 3 aromatic heterocycles. The maximum Gasteiger partial charge on any atom is 0.697 e. The smallest absolute Gasteiger partial charge is 0.382 e. The summed E-state index contributed by atoms with van der Waals surface area (Å²) in [5, 5.41) is 8.33. The van der Waals surface area contributed by atoms with Crippen LogP contribution in [0.25, 0.3) is 11.2 Å². The van der Waals surface area contributed by atoms with Crippen molar-refractivity contribution in [3.63, 3.8) is 0 Å². The maximum absolute atomic E-state index is 11.7. The van der Waals surface area contributed by atoms with Gasteiger partial charge in [0.2, 0.25) is 0 Å². The molecule has 6 atom stereocenters. The highest BCUT2D eigenvalue weighted by molar-refractivity contribution is 7.33. The van der Waals surface area contributed by atoms with Gasteiger partial charge in [-0.25, -0.2) is 15.0 Å². The van der Waals surface area contributed by atoms with E-state index in [1.807, 2.05) is 0 Å². The molecule has 17 nitrogen and oxygen atoms in total. The van der Waals surface area contributed by atoms with E-state index >= 15 is 0 Å². The van der Waals surface area contributed by atoms with Gasteiger partial charge in [-0.05, 0) is 12.8 Å². The number of fused-ring (bicyclic) bond motifs is 1. The second-order valence-corrected chi connectivity index (χ2v) is 10.6. The number of hydrogen-bond donors (Lipinski definition) is 2. The zero-order valence-electron chi connectivity index (χ0n) is 22.0. The van der Waals surface area contributed by atoms with Crippen molar-refractivity contribution in [2.75, 3.05) is 33.2 Å². The second kappa shape index (κ2) is 14.9. The number of nitrogens with two attached hydrogens (primary N) is 1. The first-order valence-electron chi connectivity index (χ1n) is 12.5. The predicted molar refractivity (Wildman–Crippen MR) is 138 cm³/mol. The lowest BCUT2D eigenvalue weighted by molar-refractivity contribution is -0.0776. The van der Waals surface area contributed by atoms with Crippen LogP contribution in [0.4, 0.5) is 5.82 Å². The molecule has 1 saturated heterocycles. The molecule has 3 aromatic rings. The van der Waals surface area contributed by atoms with Crippen LogP contribution in [0, 0.1) is 0 Å². The summed E-state index contributed by atoms with van der Waals surface area (Å²) in [6.45, 7) is 1.16. The predicted octanol–water partition coefficient (Wildman–Crippen LogP) is 2.04. The molecule has 19 heteroatoms. The van der Waals surface area contributed by atoms with E-state index < -0.39 is 41.0 Å². The van der Waals surface area contributed by atoms with Crippen molar-refractivity contribution in [1.82, 2.24) is 34.5 Å². The van der Waals surface area contributed by atoms with Crippen LogP contribution in [0.1, 0.15) is 37.6 Å². The summed E-state index contributed by atoms with van der Waals surface area (Å²) in [5.41, 5.74) is 7.28. The molecule has 1 fully saturated rings. The third kappa shape index (κ3) is 7.78. The van der Waals surface area contributed by atoms with Crippen molar-refractivity contribution < 1.29 is 41.8 Å². The number of aromatic nitrogens is 7. The number of nitrogen functional groups attached to an aromatic ring is 1. The normalized spacial score (nSPS) is 21.8. The summed E-state index contributed by atoms with van der Waals surface area (Å²) in [7, 11) is -2.17. The van der Waals surface area contributed by atoms with E-state index in [-0.39, 0.29) is 19.0 Å². The van der Waals surface area contributed by atoms with Crippen molar-refractivity contribution in [3.05, 3.63) is 24.5 Å². The summed E-state index contributed by atoms with van der Waals surface area (Å²) in [6.07, 6.45) is 4.70. The Hall–Kier alpha value is -2.59. The lowest BCUT2D eigenvalue weighted by atomic mass is 10.1. The zero-order valence-corrected chi connectivity index (χ0v) is 23.8. The number of aryl methyl sites for hydroxylation is 1. The highest BCUT2D eigenvalue weighted by atomic mass is 31.1. The maximum atomic E-state index is 11.7. The molecule has 1 aliphatic rings. The average molecular weight is 602 g/mol. The average Bonchev–Trinajstić information content (AvgIpc) is 3.65. The van der Waals surface area contributed by atoms with Gasteiger partial charge in [-0.1, -0.05) is 18.1 Å². The fraction of sp³-hybridized carbons (Fsp3) is 0.667. The van der Waals surface area contributed by atoms with E-state index in [0.29, 0.717) is 30.0 Å². The topological polar surface area (TPSA) is 210 Å². The molecule has 0 aromatic carbocycles. The summed E-state index contributed by atoms with van der Waals surface area (Å²) in [6, 6.07) is 0. The molecule has 40 heavy (non-hydrogen) atoms. The van der Waals surface area contributed by atoms with E-state index in [1.165, 1.54) is 26.9 Å². The first-order chi connectivity index (χ1) is 19.4. The molecule has 0 spiro atoms. The minimum absolute atomic E-state index is 0.0328. The largest absolute Gasteiger partial charge is 0.697 e. The first kappa shape index (κ1) is 30.4. The van der Waals surface area contributed by atoms with E-state index in [9.17, 15) is 14.0 Å². The molecule has 3 unspecified atom stereocenters. The number of hydrogen-bond acceptors (Lipinski definition) is 14. The van der Waals surface area contributed by atoms with Crippen LogP contribution in [0.2, 0.25) is 0 Å². The number of anilines is 1. The van der Waals surface area contributed by atoms with E-state index in [1.54, 1.807) is 15.4 Å². The highest BCUT2D eigenvalue weighted by Crippen LogP contribution is 2.39. The van der Waals surface area contributed by atoms with Gasteiger partial charge < -0.3 is 19.9 Å². The summed E-state index contributed by atoms with van der Waals surface area (Å²) in [4.78, 5) is 22.1. The van der Waals surface area contributed by atoms with Gasteiger partial charge in [0.25, 0.3) is 0 Å². The van der Waals surface area contributed by atoms with Crippen LogP contribution < -0.4 is 5.73 Å². The lowest BCUT2D eigenvalue weighted by Crippen LogP contribution is -2.37. The van der Waals surface area contributed by atoms with Crippen LogP contribution in [-0.4, -0.2) is 85.2 Å². The summed E-state index contributed by atoms with van der Waals surface area (Å²) >= 11 is 0. The minimum Gasteiger partial charge on any atom is -0.382 e. The third-order valence-corrected chi connectivity index (χ3v) is 7.24.